The van der Waals surface area contributed by atoms with Crippen LogP contribution in [0.25, 0.3) is 21.6 Å². The van der Waals surface area contributed by atoms with Crippen molar-refractivity contribution in [1.29, 1.82) is 0 Å². The van der Waals surface area contributed by atoms with Gasteiger partial charge in [-0.15, -0.1) is 10.2 Å². The summed E-state index contributed by atoms with van der Waals surface area (Å²) in [5, 5.41) is 73.5. The Morgan fingerprint density at radius 1 is 0.655 bits per heavy atom. The van der Waals surface area contributed by atoms with Crippen molar-refractivity contribution in [3.05, 3.63) is 159 Å². The van der Waals surface area contributed by atoms with Crippen LogP contribution in [-0.2, 0) is 96.1 Å². The highest BCUT2D eigenvalue weighted by Gasteiger charge is 2.43. The molecule has 0 bridgehead atoms. The summed E-state index contributed by atoms with van der Waals surface area (Å²) < 4.78 is 21.5. The van der Waals surface area contributed by atoms with E-state index in [9.17, 15) is 72.9 Å². The van der Waals surface area contributed by atoms with E-state index in [1.54, 1.807) is 30.6 Å². The number of carboxylic acid groups (broad SMARTS) is 1. The number of aliphatic carboxylic acids is 1. The van der Waals surface area contributed by atoms with Crippen LogP contribution in [0.15, 0.2) is 103 Å². The van der Waals surface area contributed by atoms with Gasteiger partial charge in [-0.1, -0.05) is 108 Å². The largest absolute Gasteiger partial charge is 0.494 e. The van der Waals surface area contributed by atoms with Gasteiger partial charge in [0, 0.05) is 43.3 Å². The van der Waals surface area contributed by atoms with Gasteiger partial charge in [0.25, 0.3) is 0 Å². The molecular formula is C79H107FN20O16. The number of nitrogens with zero attached hydrogens (tertiary/aromatic N) is 7. The highest BCUT2D eigenvalue weighted by molar-refractivity contribution is 6.00. The zero-order valence-corrected chi connectivity index (χ0v) is 66.6. The number of aliphatic hydroxyl groups excluding tert-OH is 2. The number of aryl methyl sites for hydroxylation is 5. The monoisotopic (exact) mass is 1610 g/mol. The van der Waals surface area contributed by atoms with E-state index >= 15 is 4.39 Å². The van der Waals surface area contributed by atoms with Crippen molar-refractivity contribution in [2.75, 3.05) is 19.7 Å². The van der Waals surface area contributed by atoms with E-state index in [1.165, 1.54) is 32.0 Å². The lowest BCUT2D eigenvalue weighted by atomic mass is 9.90. The summed E-state index contributed by atoms with van der Waals surface area (Å²) in [4.78, 5) is 176. The molecule has 0 aliphatic heterocycles. The third-order valence-corrected chi connectivity index (χ3v) is 19.0. The number of amides is 11. The number of benzene rings is 4. The Hall–Kier alpha value is -12.2. The number of carbonyl (C=O) groups excluding carboxylic acids is 11. The first-order chi connectivity index (χ1) is 55.1. The molecule has 0 saturated heterocycles. The molecule has 11 amide bonds. The Bertz CT molecular complexity index is 4370. The SMILES string of the molecule is CCc1cc(OCCCCN=[N+]=[N-])ccc1-c1ccc(C[C@H](NC(=O)[C@H](CC(=O)O)NC(=O)[C@H](C)NC(=O)[C@@H](NC(=O)[C@](C)(Cc2ccccc2F)NC(=O)[C@@H](NC(=O)CNC(=O)[C@H](Cc2nn[nH]n2)NC(=O)C(C)(C)NC(=O)CCCCCCc2c[nH]cn2)[C@@H](C)O)[C@@H](C)O)C(=O)N[C@@H](CCCc2cc(C)cc(C)c2)C(N)=O)cc1. The molecule has 37 heteroatoms. The van der Waals surface area contributed by atoms with Gasteiger partial charge in [-0.25, -0.2) is 9.37 Å². The number of halogens is 1. The molecule has 4 aromatic carbocycles. The van der Waals surface area contributed by atoms with Crippen LogP contribution in [-0.4, -0.2) is 202 Å². The second-order valence-electron chi connectivity index (χ2n) is 29.4. The van der Waals surface area contributed by atoms with Crippen LogP contribution < -0.4 is 63.6 Å². The number of nitrogens with two attached hydrogens (primary N) is 1. The quantitative estimate of drug-likeness (QED) is 0.0113. The van der Waals surface area contributed by atoms with Gasteiger partial charge in [0.15, 0.2) is 5.82 Å². The number of rotatable bonds is 49. The second-order valence-corrected chi connectivity index (χ2v) is 29.4. The van der Waals surface area contributed by atoms with E-state index in [0.717, 1.165) is 98.5 Å². The lowest BCUT2D eigenvalue weighted by Crippen LogP contribution is -2.66. The molecule has 6 rings (SSSR count). The maximum absolute atomic E-state index is 15.5. The van der Waals surface area contributed by atoms with Gasteiger partial charge in [0.05, 0.1) is 43.8 Å². The van der Waals surface area contributed by atoms with E-state index in [1.807, 2.05) is 63.4 Å². The van der Waals surface area contributed by atoms with E-state index in [4.69, 9.17) is 16.0 Å². The number of H-pyrrole nitrogens is 2. The number of ether oxygens (including phenoxy) is 1. The molecule has 0 fully saturated rings. The van der Waals surface area contributed by atoms with Crippen LogP contribution in [0.3, 0.4) is 0 Å². The standard InChI is InChI=1S/C79H107FN20O16/c1-10-52-38-56(116-33-18-17-32-86-98-82)30-31-57(52)53-28-26-50(27-29-53)37-60(72(110)88-59(69(81)107)24-19-20-51-35-45(2)34-46(3)36-51)90-73(111)62(40-66(105)106)89-70(108)47(4)87-74(112)67(48(5)101)93-77(115)79(9,41-54-21-15-16-23-58(54)80)95-75(113)68(49(6)102)92-65(104)43-84-71(109)61(39-63-96-99-100-97-63)91-76(114)78(7,8)94-64(103)25-14-12-11-13-22-55-42-83-44-85-55/h15-16,21,23,26-31,34-36,38,42,44,47-49,59-62,67-68,101-102H,10-14,17-20,22,24-25,32-33,37,39-41,43H2,1-9H3,(H2,81,107)(H,83,85)(H,84,109)(H,87,112)(H,88,110)(H,89,108)(H,90,111)(H,91,114)(H,92,104)(H,93,115)(H,94,103)(H,95,113)(H,105,106)(H,96,97,99,100)/t47-,48+,49+,59-,60-,61-,62-,67-,68-,79-/m0/s1. The van der Waals surface area contributed by atoms with Gasteiger partial charge in [0.2, 0.25) is 65.0 Å². The molecule has 2 heterocycles. The normalized spacial score (nSPS) is 14.1. The molecule has 6 aromatic rings. The summed E-state index contributed by atoms with van der Waals surface area (Å²) in [6, 6.07) is 11.9. The molecule has 626 valence electrons. The molecule has 10 atom stereocenters. The summed E-state index contributed by atoms with van der Waals surface area (Å²) in [6.07, 6.45) is 4.31. The minimum atomic E-state index is -2.35. The van der Waals surface area contributed by atoms with Crippen molar-refractivity contribution in [3.8, 4) is 16.9 Å². The molecule has 0 saturated carbocycles. The number of hydrogen-bond donors (Lipinski definition) is 16. The molecule has 36 nitrogen and oxygen atoms in total. The minimum Gasteiger partial charge on any atom is -0.494 e. The molecule has 0 aliphatic carbocycles. The summed E-state index contributed by atoms with van der Waals surface area (Å²) in [7, 11) is 0. The van der Waals surface area contributed by atoms with Crippen molar-refractivity contribution in [2.45, 2.75) is 231 Å². The number of tetrazole rings is 1. The number of azide groups is 1. The highest BCUT2D eigenvalue weighted by atomic mass is 19.1. The molecule has 0 radical (unpaired) electrons. The van der Waals surface area contributed by atoms with E-state index in [-0.39, 0.29) is 37.1 Å². The number of carbonyl (C=O) groups is 12. The topological polar surface area (TPSA) is 553 Å². The van der Waals surface area contributed by atoms with Crippen molar-refractivity contribution in [3.63, 3.8) is 0 Å². The third kappa shape index (κ3) is 30.3. The number of primary amides is 1. The Kier molecular flexibility index (Phi) is 36.4. The van der Waals surface area contributed by atoms with Crippen molar-refractivity contribution in [1.82, 2.24) is 83.8 Å². The molecule has 2 aromatic heterocycles. The minimum absolute atomic E-state index is 0.0331. The smallest absolute Gasteiger partial charge is 0.305 e. The fourth-order valence-electron chi connectivity index (χ4n) is 12.6. The number of unbranched alkanes of at least 4 members (excludes halogenated alkanes) is 4. The second kappa shape index (κ2) is 45.6. The zero-order chi connectivity index (χ0) is 85.2. The Morgan fingerprint density at radius 2 is 1.32 bits per heavy atom. The molecule has 116 heavy (non-hydrogen) atoms. The van der Waals surface area contributed by atoms with Gasteiger partial charge in [-0.05, 0) is 170 Å². The van der Waals surface area contributed by atoms with Gasteiger partial charge in [-0.2, -0.15) is 5.21 Å². The van der Waals surface area contributed by atoms with Crippen molar-refractivity contribution < 1.29 is 82.0 Å². The first-order valence-electron chi connectivity index (χ1n) is 38.4. The Labute approximate surface area is 670 Å². The van der Waals surface area contributed by atoms with E-state index in [0.29, 0.717) is 63.0 Å². The number of aromatic nitrogens is 6. The predicted molar refractivity (Wildman–Crippen MR) is 422 cm³/mol. The fourth-order valence-corrected chi connectivity index (χ4v) is 12.6. The highest BCUT2D eigenvalue weighted by Crippen LogP contribution is 2.29. The van der Waals surface area contributed by atoms with Crippen LogP contribution >= 0.6 is 0 Å². The predicted octanol–water partition coefficient (Wildman–Crippen LogP) is 2.64. The summed E-state index contributed by atoms with van der Waals surface area (Å²) in [5.41, 5.74) is 17.4. The number of carboxylic acids is 1. The van der Waals surface area contributed by atoms with E-state index in [2.05, 4.69) is 93.8 Å². The molecule has 0 aliphatic rings. The zero-order valence-electron chi connectivity index (χ0n) is 66.6. The van der Waals surface area contributed by atoms with Crippen LogP contribution in [0.4, 0.5) is 4.39 Å². The van der Waals surface area contributed by atoms with Gasteiger partial charge in [0.1, 0.15) is 64.9 Å². The molecule has 0 unspecified atom stereocenters. The van der Waals surface area contributed by atoms with Crippen LogP contribution in [0, 0.1) is 19.7 Å². The number of aromatic amines is 2. The number of nitrogens with one attached hydrogen (secondary N) is 12. The summed E-state index contributed by atoms with van der Waals surface area (Å²) in [5.74, 6) is -13.1. The van der Waals surface area contributed by atoms with Gasteiger partial charge in [-0.3, -0.25) is 57.5 Å². The van der Waals surface area contributed by atoms with Gasteiger partial charge < -0.3 is 83.9 Å². The number of imidazole rings is 1. The van der Waals surface area contributed by atoms with Crippen LogP contribution in [0.1, 0.15) is 158 Å². The van der Waals surface area contributed by atoms with E-state index < -0.39 is 162 Å². The Balaban J connectivity index is 1.14. The average molecular weight is 1610 g/mol. The average Bonchev–Trinajstić information content (AvgIpc) is 0.851. The van der Waals surface area contributed by atoms with Crippen LogP contribution in [0.2, 0.25) is 0 Å². The van der Waals surface area contributed by atoms with Crippen molar-refractivity contribution >= 4 is 70.9 Å². The number of aliphatic hydroxyl groups is 2. The van der Waals surface area contributed by atoms with Crippen LogP contribution in [0.5, 0.6) is 5.75 Å². The first-order valence-corrected chi connectivity index (χ1v) is 38.4. The lowest BCUT2D eigenvalue weighted by molar-refractivity contribution is -0.142. The molecule has 0 spiro atoms. The first kappa shape index (κ1) is 92.6. The number of hydrogen-bond acceptors (Lipinski definition) is 20. The van der Waals surface area contributed by atoms with Crippen molar-refractivity contribution in [2.24, 2.45) is 10.8 Å². The molecular weight excluding hydrogens is 1500 g/mol. The summed E-state index contributed by atoms with van der Waals surface area (Å²) in [6.45, 7) is 13.0. The summed E-state index contributed by atoms with van der Waals surface area (Å²) >= 11 is 0. The third-order valence-electron chi connectivity index (χ3n) is 19.0. The Morgan fingerprint density at radius 3 is 1.96 bits per heavy atom. The maximum Gasteiger partial charge on any atom is 0.305 e. The molecule has 17 N–H and O–H groups in total. The maximum atomic E-state index is 15.5. The lowest BCUT2D eigenvalue weighted by Gasteiger charge is -2.34. The fraction of sp³-hybridized carbons (Fsp3) is 0.494. The van der Waals surface area contributed by atoms with Gasteiger partial charge >= 0.3 is 5.97 Å².